The van der Waals surface area contributed by atoms with E-state index in [1.54, 1.807) is 0 Å². The average Bonchev–Trinajstić information content (AvgIpc) is 2.29. The molecular weight excluding hydrogens is 295 g/mol. The minimum atomic E-state index is -0.121. The maximum atomic E-state index is 6.10. The summed E-state index contributed by atoms with van der Waals surface area (Å²) in [5, 5.41) is 4.35. The third kappa shape index (κ3) is 5.49. The van der Waals surface area contributed by atoms with Gasteiger partial charge in [0.25, 0.3) is 0 Å². The first-order chi connectivity index (χ1) is 9.10. The van der Waals surface area contributed by atoms with Crippen molar-refractivity contribution in [1.29, 1.82) is 0 Å². The van der Waals surface area contributed by atoms with Crippen LogP contribution in [0, 0.1) is 0 Å². The summed E-state index contributed by atoms with van der Waals surface area (Å²) in [5.41, 5.74) is 7.13. The highest BCUT2D eigenvalue weighted by Crippen LogP contribution is 2.32. The van der Waals surface area contributed by atoms with Crippen molar-refractivity contribution in [3.63, 3.8) is 0 Å². The van der Waals surface area contributed by atoms with E-state index in [1.807, 2.05) is 26.0 Å². The van der Waals surface area contributed by atoms with E-state index in [0.29, 0.717) is 22.3 Å². The molecule has 0 saturated carbocycles. The highest BCUT2D eigenvalue weighted by Gasteiger charge is 2.19. The van der Waals surface area contributed by atoms with Crippen molar-refractivity contribution in [3.05, 3.63) is 27.7 Å². The molecule has 0 aliphatic carbocycles. The van der Waals surface area contributed by atoms with Gasteiger partial charge in [-0.3, -0.25) is 0 Å². The van der Waals surface area contributed by atoms with Gasteiger partial charge in [-0.05, 0) is 52.3 Å². The minimum absolute atomic E-state index is 0.0139. The molecule has 3 nitrogen and oxygen atoms in total. The van der Waals surface area contributed by atoms with E-state index in [1.165, 1.54) is 0 Å². The van der Waals surface area contributed by atoms with Crippen LogP contribution in [0.2, 0.25) is 10.0 Å². The van der Waals surface area contributed by atoms with Crippen LogP contribution in [0.4, 0.5) is 5.69 Å². The van der Waals surface area contributed by atoms with E-state index < -0.39 is 0 Å². The van der Waals surface area contributed by atoms with Crippen LogP contribution in [0.25, 0.3) is 0 Å². The first-order valence-electron chi connectivity index (χ1n) is 6.75. The highest BCUT2D eigenvalue weighted by atomic mass is 35.5. The Hall–Kier alpha value is -0.480. The second kappa shape index (κ2) is 6.99. The fourth-order valence-electron chi connectivity index (χ4n) is 1.76. The van der Waals surface area contributed by atoms with Gasteiger partial charge in [0.2, 0.25) is 0 Å². The molecule has 0 aliphatic rings. The van der Waals surface area contributed by atoms with Crippen molar-refractivity contribution in [2.45, 2.75) is 52.4 Å². The Morgan fingerprint density at radius 2 is 1.70 bits per heavy atom. The van der Waals surface area contributed by atoms with Crippen LogP contribution in [-0.2, 0) is 4.74 Å². The lowest BCUT2D eigenvalue weighted by atomic mass is 10.1. The maximum absolute atomic E-state index is 6.10. The summed E-state index contributed by atoms with van der Waals surface area (Å²) in [6, 6.07) is 3.64. The Labute approximate surface area is 131 Å². The first-order valence-corrected chi connectivity index (χ1v) is 7.50. The molecule has 0 fully saturated rings. The van der Waals surface area contributed by atoms with Gasteiger partial charge in [0, 0.05) is 12.1 Å². The predicted molar refractivity (Wildman–Crippen MR) is 87.6 cm³/mol. The van der Waals surface area contributed by atoms with Crippen LogP contribution >= 0.6 is 23.2 Å². The van der Waals surface area contributed by atoms with Crippen molar-refractivity contribution in [2.75, 3.05) is 12.3 Å². The summed E-state index contributed by atoms with van der Waals surface area (Å²) < 4.78 is 5.96. The number of anilines is 1. The smallest absolute Gasteiger partial charge is 0.0953 e. The summed E-state index contributed by atoms with van der Waals surface area (Å²) >= 11 is 12.2. The fraction of sp³-hybridized carbons (Fsp3) is 0.600. The summed E-state index contributed by atoms with van der Waals surface area (Å²) in [4.78, 5) is 0. The molecule has 0 heterocycles. The predicted octanol–water partition coefficient (Wildman–Crippen LogP) is 4.43. The molecule has 1 aromatic carbocycles. The van der Waals surface area contributed by atoms with Gasteiger partial charge in [-0.15, -0.1) is 0 Å². The molecule has 0 saturated heterocycles. The standard InChI is InChI=1S/C15H24Cl2N2O/c1-9(2)20-13(8-19-15(3,4)5)10-6-11(16)14(18)12(17)7-10/h6-7,9,13,19H,8,18H2,1-5H3. The second-order valence-electron chi connectivity index (χ2n) is 6.20. The summed E-state index contributed by atoms with van der Waals surface area (Å²) in [6.45, 7) is 11.0. The summed E-state index contributed by atoms with van der Waals surface area (Å²) in [5.74, 6) is 0. The minimum Gasteiger partial charge on any atom is -0.396 e. The zero-order valence-corrected chi connectivity index (χ0v) is 14.3. The molecule has 0 spiro atoms. The number of ether oxygens (including phenoxy) is 1. The van der Waals surface area contributed by atoms with Crippen molar-refractivity contribution in [3.8, 4) is 0 Å². The largest absolute Gasteiger partial charge is 0.396 e. The number of hydrogen-bond acceptors (Lipinski definition) is 3. The Kier molecular flexibility index (Phi) is 6.14. The van der Waals surface area contributed by atoms with Crippen LogP contribution in [0.15, 0.2) is 12.1 Å². The van der Waals surface area contributed by atoms with E-state index in [-0.39, 0.29) is 17.7 Å². The third-order valence-corrected chi connectivity index (χ3v) is 3.35. The lowest BCUT2D eigenvalue weighted by Crippen LogP contribution is -2.39. The summed E-state index contributed by atoms with van der Waals surface area (Å²) in [6.07, 6.45) is -0.0123. The average molecular weight is 319 g/mol. The molecule has 0 radical (unpaired) electrons. The third-order valence-electron chi connectivity index (χ3n) is 2.73. The molecule has 0 amide bonds. The van der Waals surface area contributed by atoms with Gasteiger partial charge in [0.15, 0.2) is 0 Å². The number of nitrogens with one attached hydrogen (secondary N) is 1. The van der Waals surface area contributed by atoms with Gasteiger partial charge in [0.1, 0.15) is 0 Å². The molecule has 0 aromatic heterocycles. The van der Waals surface area contributed by atoms with Crippen molar-refractivity contribution < 1.29 is 4.74 Å². The van der Waals surface area contributed by atoms with Gasteiger partial charge in [0.05, 0.1) is 27.9 Å². The van der Waals surface area contributed by atoms with Crippen molar-refractivity contribution in [2.24, 2.45) is 0 Å². The topological polar surface area (TPSA) is 47.3 Å². The van der Waals surface area contributed by atoms with Crippen LogP contribution in [-0.4, -0.2) is 18.2 Å². The maximum Gasteiger partial charge on any atom is 0.0953 e. The molecule has 5 heteroatoms. The van der Waals surface area contributed by atoms with Gasteiger partial charge < -0.3 is 15.8 Å². The molecule has 3 N–H and O–H groups in total. The van der Waals surface area contributed by atoms with E-state index in [9.17, 15) is 0 Å². The first kappa shape index (κ1) is 17.6. The van der Waals surface area contributed by atoms with Crippen molar-refractivity contribution in [1.82, 2.24) is 5.32 Å². The molecule has 1 aromatic rings. The molecule has 20 heavy (non-hydrogen) atoms. The number of hydrogen-bond donors (Lipinski definition) is 2. The van der Waals surface area contributed by atoms with Gasteiger partial charge in [-0.1, -0.05) is 23.2 Å². The molecule has 1 rings (SSSR count). The lowest BCUT2D eigenvalue weighted by molar-refractivity contribution is 0.00406. The molecule has 0 bridgehead atoms. The van der Waals surface area contributed by atoms with E-state index in [0.717, 1.165) is 5.56 Å². The van der Waals surface area contributed by atoms with Crippen LogP contribution in [0.5, 0.6) is 0 Å². The lowest BCUT2D eigenvalue weighted by Gasteiger charge is -2.27. The number of nitrogen functional groups attached to an aromatic ring is 1. The second-order valence-corrected chi connectivity index (χ2v) is 7.02. The normalized spacial score (nSPS) is 13.8. The van der Waals surface area contributed by atoms with Crippen LogP contribution in [0.1, 0.15) is 46.3 Å². The van der Waals surface area contributed by atoms with Gasteiger partial charge in [-0.2, -0.15) is 0 Å². The molecule has 114 valence electrons. The number of rotatable bonds is 5. The van der Waals surface area contributed by atoms with Crippen LogP contribution in [0.3, 0.4) is 0 Å². The molecule has 1 atom stereocenters. The van der Waals surface area contributed by atoms with Gasteiger partial charge >= 0.3 is 0 Å². The van der Waals surface area contributed by atoms with E-state index in [2.05, 4.69) is 26.1 Å². The zero-order valence-electron chi connectivity index (χ0n) is 12.8. The highest BCUT2D eigenvalue weighted by molar-refractivity contribution is 6.38. The fourth-order valence-corrected chi connectivity index (χ4v) is 2.27. The Morgan fingerprint density at radius 3 is 2.10 bits per heavy atom. The molecule has 1 unspecified atom stereocenters. The van der Waals surface area contributed by atoms with Crippen molar-refractivity contribution >= 4 is 28.9 Å². The zero-order chi connectivity index (χ0) is 15.5. The number of benzene rings is 1. The Morgan fingerprint density at radius 1 is 1.20 bits per heavy atom. The monoisotopic (exact) mass is 318 g/mol. The van der Waals surface area contributed by atoms with E-state index >= 15 is 0 Å². The number of halogens is 2. The quantitative estimate of drug-likeness (QED) is 0.789. The van der Waals surface area contributed by atoms with Crippen LogP contribution < -0.4 is 11.1 Å². The Balaban J connectivity index is 2.98. The SMILES string of the molecule is CC(C)OC(CNC(C)(C)C)c1cc(Cl)c(N)c(Cl)c1. The molecule has 0 aliphatic heterocycles. The number of nitrogens with two attached hydrogens (primary N) is 1. The Bertz CT molecular complexity index is 433. The van der Waals surface area contributed by atoms with E-state index in [4.69, 9.17) is 33.7 Å². The summed E-state index contributed by atoms with van der Waals surface area (Å²) in [7, 11) is 0. The molecular formula is C15H24Cl2N2O. The van der Waals surface area contributed by atoms with Gasteiger partial charge in [-0.25, -0.2) is 0 Å².